The molecule has 2 heterocycles. The summed E-state index contributed by atoms with van der Waals surface area (Å²) in [5, 5.41) is 7.84. The molecule has 0 bridgehead atoms. The molecule has 0 saturated heterocycles. The van der Waals surface area contributed by atoms with Crippen LogP contribution in [0.15, 0.2) is 168 Å². The van der Waals surface area contributed by atoms with Gasteiger partial charge in [0, 0.05) is 61.2 Å². The lowest BCUT2D eigenvalue weighted by Gasteiger charge is -2.30. The van der Waals surface area contributed by atoms with Gasteiger partial charge in [-0.25, -0.2) is 0 Å². The highest BCUT2D eigenvalue weighted by Gasteiger charge is 2.33. The van der Waals surface area contributed by atoms with Crippen molar-refractivity contribution < 1.29 is 4.74 Å². The Morgan fingerprint density at radius 2 is 1.43 bits per heavy atom. The van der Waals surface area contributed by atoms with E-state index in [2.05, 4.69) is 151 Å². The van der Waals surface area contributed by atoms with E-state index in [4.69, 9.17) is 4.74 Å². The molecule has 6 aromatic carbocycles. The molecule has 0 N–H and O–H groups in total. The molecule has 2 nitrogen and oxygen atoms in total. The summed E-state index contributed by atoms with van der Waals surface area (Å²) in [5.74, 6) is 1.15. The van der Waals surface area contributed by atoms with E-state index < -0.39 is 0 Å². The summed E-state index contributed by atoms with van der Waals surface area (Å²) < 4.78 is 9.11. The molecule has 0 fully saturated rings. The first-order chi connectivity index (χ1) is 23.3. The normalized spacial score (nSPS) is 17.1. The molecule has 3 aliphatic rings. The van der Waals surface area contributed by atoms with Crippen LogP contribution >= 0.6 is 11.3 Å². The second-order valence-corrected chi connectivity index (χ2v) is 13.8. The van der Waals surface area contributed by atoms with Gasteiger partial charge in [0.1, 0.15) is 11.9 Å². The summed E-state index contributed by atoms with van der Waals surface area (Å²) in [6.07, 6.45) is 12.3. The smallest absolute Gasteiger partial charge is 0.128 e. The lowest BCUT2D eigenvalue weighted by molar-refractivity contribution is 0.160. The van der Waals surface area contributed by atoms with Crippen molar-refractivity contribution in [3.63, 3.8) is 0 Å². The quantitative estimate of drug-likeness (QED) is 0.181. The fourth-order valence-corrected chi connectivity index (χ4v) is 8.86. The van der Waals surface area contributed by atoms with Crippen LogP contribution in [0.25, 0.3) is 52.8 Å². The predicted molar refractivity (Wildman–Crippen MR) is 199 cm³/mol. The van der Waals surface area contributed by atoms with Crippen LogP contribution in [0.1, 0.15) is 19.3 Å². The number of hydrogen-bond acceptors (Lipinski definition) is 3. The Kier molecular flexibility index (Phi) is 6.03. The van der Waals surface area contributed by atoms with Gasteiger partial charge in [-0.2, -0.15) is 0 Å². The average molecular weight is 622 g/mol. The van der Waals surface area contributed by atoms with Crippen molar-refractivity contribution in [2.24, 2.45) is 0 Å². The van der Waals surface area contributed by atoms with Crippen molar-refractivity contribution in [2.45, 2.75) is 25.4 Å². The molecule has 10 rings (SSSR count). The Morgan fingerprint density at radius 3 is 2.34 bits per heavy atom. The third kappa shape index (κ3) is 4.31. The lowest BCUT2D eigenvalue weighted by atomic mass is 9.91. The maximum absolute atomic E-state index is 6.45. The molecule has 1 aliphatic heterocycles. The monoisotopic (exact) mass is 621 g/mol. The van der Waals surface area contributed by atoms with Crippen LogP contribution in [-0.4, -0.2) is 6.10 Å². The van der Waals surface area contributed by atoms with Crippen molar-refractivity contribution >= 4 is 64.4 Å². The van der Waals surface area contributed by atoms with Gasteiger partial charge in [-0.1, -0.05) is 103 Å². The van der Waals surface area contributed by atoms with Gasteiger partial charge < -0.3 is 9.64 Å². The topological polar surface area (TPSA) is 12.5 Å². The average Bonchev–Trinajstić information content (AvgIpc) is 3.70. The molecule has 1 aromatic heterocycles. The number of anilines is 2. The Labute approximate surface area is 277 Å². The highest BCUT2D eigenvalue weighted by atomic mass is 32.1. The van der Waals surface area contributed by atoms with E-state index >= 15 is 0 Å². The molecule has 0 amide bonds. The molecule has 47 heavy (non-hydrogen) atoms. The number of nitrogens with zero attached hydrogens (tertiary/aromatic N) is 1. The molecule has 1 unspecified atom stereocenters. The number of thiophene rings is 1. The first-order valence-electron chi connectivity index (χ1n) is 16.5. The van der Waals surface area contributed by atoms with Crippen LogP contribution in [-0.2, 0) is 4.74 Å². The Balaban J connectivity index is 1.18. The Bertz CT molecular complexity index is 2510. The van der Waals surface area contributed by atoms with E-state index in [0.29, 0.717) is 0 Å². The minimum absolute atomic E-state index is 0.106. The van der Waals surface area contributed by atoms with Gasteiger partial charge in [-0.05, 0) is 81.6 Å². The SMILES string of the molecule is C1=CC2=C(CC1)OC1CC=C(N(c3ccc(-c4ccccc4)cc3)c3ccc4ccc5ccc6sc7ccccc7c6c5c4c3)C=C21. The van der Waals surface area contributed by atoms with Crippen LogP contribution in [0.5, 0.6) is 0 Å². The maximum atomic E-state index is 6.45. The molecular weight excluding hydrogens is 591 g/mol. The van der Waals surface area contributed by atoms with E-state index in [0.717, 1.165) is 36.4 Å². The molecule has 0 radical (unpaired) electrons. The molecule has 7 aromatic rings. The van der Waals surface area contributed by atoms with Gasteiger partial charge in [0.05, 0.1) is 0 Å². The van der Waals surface area contributed by atoms with Gasteiger partial charge in [-0.3, -0.25) is 0 Å². The third-order valence-electron chi connectivity index (χ3n) is 9.98. The zero-order valence-electron chi connectivity index (χ0n) is 25.8. The third-order valence-corrected chi connectivity index (χ3v) is 11.1. The van der Waals surface area contributed by atoms with Gasteiger partial charge in [0.25, 0.3) is 0 Å². The van der Waals surface area contributed by atoms with Crippen LogP contribution in [0.2, 0.25) is 0 Å². The fraction of sp³-hybridized carbons (Fsp3) is 0.0909. The highest BCUT2D eigenvalue weighted by Crippen LogP contribution is 2.45. The maximum Gasteiger partial charge on any atom is 0.128 e. The predicted octanol–water partition coefficient (Wildman–Crippen LogP) is 12.4. The molecular formula is C44H31NOS. The first-order valence-corrected chi connectivity index (χ1v) is 17.3. The van der Waals surface area contributed by atoms with Crippen molar-refractivity contribution in [3.05, 3.63) is 168 Å². The van der Waals surface area contributed by atoms with Crippen LogP contribution in [0.3, 0.4) is 0 Å². The Morgan fingerprint density at radius 1 is 0.660 bits per heavy atom. The zero-order chi connectivity index (χ0) is 30.9. The number of fused-ring (bicyclic) bond motifs is 9. The summed E-state index contributed by atoms with van der Waals surface area (Å²) in [5.41, 5.74) is 8.51. The minimum Gasteiger partial charge on any atom is -0.489 e. The lowest BCUT2D eigenvalue weighted by Crippen LogP contribution is -2.21. The summed E-state index contributed by atoms with van der Waals surface area (Å²) >= 11 is 1.88. The second-order valence-electron chi connectivity index (χ2n) is 12.7. The summed E-state index contributed by atoms with van der Waals surface area (Å²) in [6.45, 7) is 0. The minimum atomic E-state index is 0.106. The van der Waals surface area contributed by atoms with Crippen molar-refractivity contribution in [1.29, 1.82) is 0 Å². The number of allylic oxidation sites excluding steroid dienone is 4. The molecule has 1 atom stereocenters. The first kappa shape index (κ1) is 26.8. The van der Waals surface area contributed by atoms with E-state index in [9.17, 15) is 0 Å². The second kappa shape index (κ2) is 10.6. The molecule has 224 valence electrons. The molecule has 3 heteroatoms. The van der Waals surface area contributed by atoms with Crippen molar-refractivity contribution in [1.82, 2.24) is 0 Å². The Hall–Kier alpha value is -5.38. The fourth-order valence-electron chi connectivity index (χ4n) is 7.75. The van der Waals surface area contributed by atoms with Gasteiger partial charge >= 0.3 is 0 Å². The number of benzene rings is 6. The zero-order valence-corrected chi connectivity index (χ0v) is 26.6. The summed E-state index contributed by atoms with van der Waals surface area (Å²) in [4.78, 5) is 2.44. The van der Waals surface area contributed by atoms with E-state index in [-0.39, 0.29) is 6.10 Å². The van der Waals surface area contributed by atoms with Crippen molar-refractivity contribution in [2.75, 3.05) is 4.90 Å². The summed E-state index contributed by atoms with van der Waals surface area (Å²) in [7, 11) is 0. The van der Waals surface area contributed by atoms with E-state index in [1.54, 1.807) is 0 Å². The molecule has 2 aliphatic carbocycles. The molecule has 0 spiro atoms. The number of hydrogen-bond donors (Lipinski definition) is 0. The van der Waals surface area contributed by atoms with Crippen LogP contribution < -0.4 is 4.90 Å². The number of ether oxygens (including phenoxy) is 1. The van der Waals surface area contributed by atoms with Gasteiger partial charge in [0.2, 0.25) is 0 Å². The van der Waals surface area contributed by atoms with Crippen LogP contribution in [0, 0.1) is 0 Å². The molecule has 0 saturated carbocycles. The van der Waals surface area contributed by atoms with Gasteiger partial charge in [0.15, 0.2) is 0 Å². The number of rotatable bonds is 4. The van der Waals surface area contributed by atoms with Crippen molar-refractivity contribution in [3.8, 4) is 11.1 Å². The van der Waals surface area contributed by atoms with Gasteiger partial charge in [-0.15, -0.1) is 11.3 Å². The highest BCUT2D eigenvalue weighted by molar-refractivity contribution is 7.26. The largest absolute Gasteiger partial charge is 0.489 e. The standard InChI is InChI=1S/C44H31NOS/c1-2-8-28(9-3-1)29-16-20-32(21-17-29)45(34-23-24-40-38(27-34)35-10-4-6-12-39(35)46-40)33-22-18-30-14-15-31-19-25-42-44(43(31)37(30)26-33)36-11-5-7-13-41(36)47-42/h1-5,7-11,13-23,25-27,40H,6,12,24H2. The van der Waals surface area contributed by atoms with E-state index in [1.165, 1.54) is 69.7 Å². The van der Waals surface area contributed by atoms with E-state index in [1.807, 2.05) is 11.3 Å². The summed E-state index contributed by atoms with van der Waals surface area (Å²) in [6, 6.07) is 44.6. The van der Waals surface area contributed by atoms with Crippen LogP contribution in [0.4, 0.5) is 11.4 Å².